The van der Waals surface area contributed by atoms with Crippen molar-refractivity contribution in [3.8, 4) is 5.75 Å². The molecule has 0 spiro atoms. The van der Waals surface area contributed by atoms with E-state index in [0.29, 0.717) is 23.4 Å². The summed E-state index contributed by atoms with van der Waals surface area (Å²) in [5, 5.41) is 2.88. The van der Waals surface area contributed by atoms with E-state index >= 15 is 0 Å². The van der Waals surface area contributed by atoms with Gasteiger partial charge in [-0.15, -0.1) is 0 Å². The van der Waals surface area contributed by atoms with Crippen molar-refractivity contribution >= 4 is 33.4 Å². The van der Waals surface area contributed by atoms with Crippen LogP contribution in [-0.4, -0.2) is 36.4 Å². The second-order valence-electron chi connectivity index (χ2n) is 6.85. The number of hydrogen-bond acceptors (Lipinski definition) is 3. The first-order valence-electron chi connectivity index (χ1n) is 9.72. The van der Waals surface area contributed by atoms with Crippen LogP contribution in [0.15, 0.2) is 46.9 Å². The average Bonchev–Trinajstić information content (AvgIpc) is 3.24. The van der Waals surface area contributed by atoms with Crippen molar-refractivity contribution in [1.29, 1.82) is 0 Å². The molecule has 0 saturated carbocycles. The van der Waals surface area contributed by atoms with E-state index in [0.717, 1.165) is 49.0 Å². The molecule has 6 heteroatoms. The molecular weight excluding hydrogens is 420 g/mol. The molecule has 1 aliphatic rings. The number of carbonyl (C=O) groups excluding carboxylic acids is 2. The molecule has 0 aromatic heterocycles. The van der Waals surface area contributed by atoms with Gasteiger partial charge < -0.3 is 15.0 Å². The fraction of sp³-hybridized carbons (Fsp3) is 0.364. The summed E-state index contributed by atoms with van der Waals surface area (Å²) in [6, 6.07) is 12.4. The minimum absolute atomic E-state index is 0.0331. The fourth-order valence-corrected chi connectivity index (χ4v) is 3.64. The molecule has 1 heterocycles. The highest BCUT2D eigenvalue weighted by Crippen LogP contribution is 2.27. The van der Waals surface area contributed by atoms with Gasteiger partial charge in [-0.25, -0.2) is 0 Å². The molecule has 1 N–H and O–H groups in total. The predicted molar refractivity (Wildman–Crippen MR) is 114 cm³/mol. The van der Waals surface area contributed by atoms with E-state index in [4.69, 9.17) is 4.74 Å². The van der Waals surface area contributed by atoms with Crippen LogP contribution in [0.2, 0.25) is 0 Å². The molecule has 2 aromatic carbocycles. The normalized spacial score (nSPS) is 13.4. The van der Waals surface area contributed by atoms with Crippen LogP contribution < -0.4 is 10.1 Å². The Hall–Kier alpha value is -2.34. The van der Waals surface area contributed by atoms with E-state index in [1.54, 1.807) is 30.3 Å². The smallest absolute Gasteiger partial charge is 0.255 e. The van der Waals surface area contributed by atoms with Crippen LogP contribution in [0, 0.1) is 0 Å². The monoisotopic (exact) mass is 444 g/mol. The number of hydrogen-bond donors (Lipinski definition) is 1. The zero-order valence-corrected chi connectivity index (χ0v) is 17.6. The van der Waals surface area contributed by atoms with Crippen molar-refractivity contribution in [3.05, 3.63) is 58.1 Å². The molecule has 0 radical (unpaired) electrons. The van der Waals surface area contributed by atoms with Crippen LogP contribution in [-0.2, 0) is 0 Å². The van der Waals surface area contributed by atoms with Gasteiger partial charge in [0, 0.05) is 18.7 Å². The molecule has 2 amide bonds. The van der Waals surface area contributed by atoms with Gasteiger partial charge in [-0.2, -0.15) is 0 Å². The van der Waals surface area contributed by atoms with E-state index < -0.39 is 0 Å². The van der Waals surface area contributed by atoms with Crippen molar-refractivity contribution < 1.29 is 14.3 Å². The Bertz CT molecular complexity index is 847. The molecule has 1 fully saturated rings. The first-order chi connectivity index (χ1) is 13.6. The van der Waals surface area contributed by atoms with Gasteiger partial charge >= 0.3 is 0 Å². The lowest BCUT2D eigenvalue weighted by Gasteiger charge is -2.18. The highest BCUT2D eigenvalue weighted by atomic mass is 79.9. The molecule has 3 rings (SSSR count). The summed E-state index contributed by atoms with van der Waals surface area (Å²) in [4.78, 5) is 27.3. The zero-order valence-electron chi connectivity index (χ0n) is 16.0. The molecule has 0 atom stereocenters. The van der Waals surface area contributed by atoms with Gasteiger partial charge in [0.15, 0.2) is 0 Å². The Balaban J connectivity index is 1.73. The number of amides is 2. The van der Waals surface area contributed by atoms with Crippen LogP contribution in [0.5, 0.6) is 5.75 Å². The number of likely N-dealkylation sites (tertiary alicyclic amines) is 1. The SMILES string of the molecule is CCCCOc1ccc(C(=O)Nc2ccccc2C(=O)N2CCCC2)cc1Br. The van der Waals surface area contributed by atoms with Gasteiger partial charge in [0.2, 0.25) is 0 Å². The maximum atomic E-state index is 12.8. The van der Waals surface area contributed by atoms with Crippen LogP contribution >= 0.6 is 15.9 Å². The standard InChI is InChI=1S/C22H25BrN2O3/c1-2-3-14-28-20-11-10-16(15-18(20)23)21(26)24-19-9-5-4-8-17(19)22(27)25-12-6-7-13-25/h4-5,8-11,15H,2-3,6-7,12-14H2,1H3,(H,24,26). The quantitative estimate of drug-likeness (QED) is 0.603. The predicted octanol–water partition coefficient (Wildman–Crippen LogP) is 5.12. The molecule has 0 aliphatic carbocycles. The van der Waals surface area contributed by atoms with Crippen molar-refractivity contribution in [3.63, 3.8) is 0 Å². The first kappa shape index (κ1) is 20.4. The van der Waals surface area contributed by atoms with E-state index in [9.17, 15) is 9.59 Å². The third-order valence-corrected chi connectivity index (χ3v) is 5.37. The van der Waals surface area contributed by atoms with Gasteiger partial charge in [0.1, 0.15) is 5.75 Å². The number of para-hydroxylation sites is 1. The number of ether oxygens (including phenoxy) is 1. The minimum Gasteiger partial charge on any atom is -0.492 e. The average molecular weight is 445 g/mol. The minimum atomic E-state index is -0.262. The second-order valence-corrected chi connectivity index (χ2v) is 7.70. The Kier molecular flexibility index (Phi) is 7.09. The summed E-state index contributed by atoms with van der Waals surface area (Å²) in [5.74, 6) is 0.423. The number of nitrogens with one attached hydrogen (secondary N) is 1. The molecule has 1 saturated heterocycles. The summed E-state index contributed by atoms with van der Waals surface area (Å²) in [5.41, 5.74) is 1.55. The third-order valence-electron chi connectivity index (χ3n) is 4.75. The Morgan fingerprint density at radius 2 is 1.89 bits per heavy atom. The lowest BCUT2D eigenvalue weighted by atomic mass is 10.1. The number of rotatable bonds is 7. The highest BCUT2D eigenvalue weighted by molar-refractivity contribution is 9.10. The Morgan fingerprint density at radius 3 is 2.61 bits per heavy atom. The van der Waals surface area contributed by atoms with Crippen LogP contribution in [0.4, 0.5) is 5.69 Å². The van der Waals surface area contributed by atoms with E-state index in [1.807, 2.05) is 17.0 Å². The number of unbranched alkanes of at least 4 members (excludes halogenated alkanes) is 1. The molecule has 0 unspecified atom stereocenters. The summed E-state index contributed by atoms with van der Waals surface area (Å²) in [6.45, 7) is 4.30. The van der Waals surface area contributed by atoms with Crippen LogP contribution in [0.25, 0.3) is 0 Å². The molecule has 5 nitrogen and oxygen atoms in total. The number of halogens is 1. The van der Waals surface area contributed by atoms with Gasteiger partial charge in [0.05, 0.1) is 22.3 Å². The molecule has 2 aromatic rings. The van der Waals surface area contributed by atoms with Crippen molar-refractivity contribution in [2.24, 2.45) is 0 Å². The van der Waals surface area contributed by atoms with E-state index in [-0.39, 0.29) is 11.8 Å². The zero-order chi connectivity index (χ0) is 19.9. The maximum absolute atomic E-state index is 12.8. The van der Waals surface area contributed by atoms with Gasteiger partial charge in [0.25, 0.3) is 11.8 Å². The largest absolute Gasteiger partial charge is 0.492 e. The van der Waals surface area contributed by atoms with Crippen molar-refractivity contribution in [2.45, 2.75) is 32.6 Å². The molecule has 28 heavy (non-hydrogen) atoms. The van der Waals surface area contributed by atoms with Gasteiger partial charge in [-0.3, -0.25) is 9.59 Å². The Morgan fingerprint density at radius 1 is 1.14 bits per heavy atom. The number of carbonyl (C=O) groups is 2. The van der Waals surface area contributed by atoms with Crippen LogP contribution in [0.3, 0.4) is 0 Å². The summed E-state index contributed by atoms with van der Waals surface area (Å²) >= 11 is 3.47. The summed E-state index contributed by atoms with van der Waals surface area (Å²) in [6.07, 6.45) is 4.10. The first-order valence-corrected chi connectivity index (χ1v) is 10.5. The molecule has 1 aliphatic heterocycles. The van der Waals surface area contributed by atoms with Crippen LogP contribution in [0.1, 0.15) is 53.3 Å². The fourth-order valence-electron chi connectivity index (χ4n) is 3.15. The van der Waals surface area contributed by atoms with Crippen molar-refractivity contribution in [1.82, 2.24) is 4.90 Å². The molecule has 0 bridgehead atoms. The number of benzene rings is 2. The lowest BCUT2D eigenvalue weighted by molar-refractivity contribution is 0.0794. The summed E-state index contributed by atoms with van der Waals surface area (Å²) < 4.78 is 6.44. The Labute approximate surface area is 174 Å². The van der Waals surface area contributed by atoms with Gasteiger partial charge in [-0.05, 0) is 65.5 Å². The second kappa shape index (κ2) is 9.73. The molecule has 148 valence electrons. The topological polar surface area (TPSA) is 58.6 Å². The maximum Gasteiger partial charge on any atom is 0.255 e. The summed E-state index contributed by atoms with van der Waals surface area (Å²) in [7, 11) is 0. The van der Waals surface area contributed by atoms with Crippen molar-refractivity contribution in [2.75, 3.05) is 25.0 Å². The lowest BCUT2D eigenvalue weighted by Crippen LogP contribution is -2.28. The van der Waals surface area contributed by atoms with E-state index in [1.165, 1.54) is 0 Å². The van der Waals surface area contributed by atoms with Gasteiger partial charge in [-0.1, -0.05) is 25.5 Å². The van der Waals surface area contributed by atoms with E-state index in [2.05, 4.69) is 28.2 Å². The number of nitrogens with zero attached hydrogens (tertiary/aromatic N) is 1. The molecular formula is C22H25BrN2O3. The highest BCUT2D eigenvalue weighted by Gasteiger charge is 2.22. The third kappa shape index (κ3) is 4.93. The number of anilines is 1.